The Morgan fingerprint density at radius 3 is 2.70 bits per heavy atom. The monoisotopic (exact) mass is 273 g/mol. The summed E-state index contributed by atoms with van der Waals surface area (Å²) in [5, 5.41) is 0. The zero-order valence-electron chi connectivity index (χ0n) is 12.3. The molecule has 1 aliphatic rings. The first-order valence-electron chi connectivity index (χ1n) is 7.26. The minimum absolute atomic E-state index is 0.157. The third-order valence-corrected chi connectivity index (χ3v) is 3.71. The van der Waals surface area contributed by atoms with Gasteiger partial charge in [-0.15, -0.1) is 0 Å². The fourth-order valence-corrected chi connectivity index (χ4v) is 2.37. The van der Waals surface area contributed by atoms with Crippen molar-refractivity contribution in [1.82, 2.24) is 4.90 Å². The molecule has 0 N–H and O–H groups in total. The highest BCUT2D eigenvalue weighted by molar-refractivity contribution is 5.78. The van der Waals surface area contributed by atoms with Gasteiger partial charge >= 0.3 is 0 Å². The number of aryl methyl sites for hydroxylation is 1. The molecule has 0 fully saturated rings. The van der Waals surface area contributed by atoms with Gasteiger partial charge in [-0.25, -0.2) is 0 Å². The molecule has 1 aromatic rings. The van der Waals surface area contributed by atoms with E-state index in [2.05, 4.69) is 19.1 Å². The van der Waals surface area contributed by atoms with Gasteiger partial charge in [0.1, 0.15) is 12.4 Å². The highest BCUT2D eigenvalue weighted by Crippen LogP contribution is 2.20. The SMILES string of the molecule is Cc1ccc(OCCN(C)C(=O)[C@H]2CC=CCC2)cc1. The number of rotatable bonds is 5. The number of benzene rings is 1. The number of carbonyl (C=O) groups excluding carboxylic acids is 1. The quantitative estimate of drug-likeness (QED) is 0.771. The summed E-state index contributed by atoms with van der Waals surface area (Å²) in [7, 11) is 1.86. The van der Waals surface area contributed by atoms with E-state index in [1.54, 1.807) is 4.90 Å². The molecular formula is C17H23NO2. The van der Waals surface area contributed by atoms with E-state index in [9.17, 15) is 4.79 Å². The van der Waals surface area contributed by atoms with Crippen LogP contribution >= 0.6 is 0 Å². The van der Waals surface area contributed by atoms with Crippen LogP contribution in [0.4, 0.5) is 0 Å². The third kappa shape index (κ3) is 4.12. The van der Waals surface area contributed by atoms with Crippen LogP contribution in [0.1, 0.15) is 24.8 Å². The lowest BCUT2D eigenvalue weighted by Crippen LogP contribution is -2.36. The minimum Gasteiger partial charge on any atom is -0.492 e. The molecule has 1 amide bonds. The zero-order chi connectivity index (χ0) is 14.4. The van der Waals surface area contributed by atoms with Gasteiger partial charge in [0, 0.05) is 13.0 Å². The molecule has 0 bridgehead atoms. The largest absolute Gasteiger partial charge is 0.492 e. The van der Waals surface area contributed by atoms with Crippen LogP contribution in [0.2, 0.25) is 0 Å². The van der Waals surface area contributed by atoms with E-state index >= 15 is 0 Å². The van der Waals surface area contributed by atoms with E-state index in [0.29, 0.717) is 13.2 Å². The van der Waals surface area contributed by atoms with Crippen molar-refractivity contribution in [1.29, 1.82) is 0 Å². The molecule has 0 heterocycles. The Kier molecular flexibility index (Phi) is 5.22. The molecule has 3 heteroatoms. The number of hydrogen-bond donors (Lipinski definition) is 0. The van der Waals surface area contributed by atoms with Crippen LogP contribution in [-0.2, 0) is 4.79 Å². The lowest BCUT2D eigenvalue weighted by atomic mass is 9.93. The molecule has 1 aromatic carbocycles. The van der Waals surface area contributed by atoms with Crippen LogP contribution in [0.25, 0.3) is 0 Å². The molecule has 108 valence electrons. The number of allylic oxidation sites excluding steroid dienone is 2. The molecule has 0 saturated carbocycles. The Labute approximate surface area is 121 Å². The van der Waals surface area contributed by atoms with E-state index in [1.165, 1.54) is 5.56 Å². The van der Waals surface area contributed by atoms with Gasteiger partial charge in [0.15, 0.2) is 0 Å². The Morgan fingerprint density at radius 2 is 2.05 bits per heavy atom. The van der Waals surface area contributed by atoms with Crippen molar-refractivity contribution in [3.63, 3.8) is 0 Å². The summed E-state index contributed by atoms with van der Waals surface area (Å²) in [5.74, 6) is 1.25. The zero-order valence-corrected chi connectivity index (χ0v) is 12.3. The molecule has 1 aliphatic carbocycles. The van der Waals surface area contributed by atoms with Crippen molar-refractivity contribution in [3.8, 4) is 5.75 Å². The van der Waals surface area contributed by atoms with Crippen LogP contribution in [0.3, 0.4) is 0 Å². The Morgan fingerprint density at radius 1 is 1.30 bits per heavy atom. The van der Waals surface area contributed by atoms with Crippen molar-refractivity contribution in [2.75, 3.05) is 20.2 Å². The Bertz CT molecular complexity index is 464. The standard InChI is InChI=1S/C17H23NO2/c1-14-8-10-16(11-9-14)20-13-12-18(2)17(19)15-6-4-3-5-7-15/h3-4,8-11,15H,5-7,12-13H2,1-2H3/t15-/m0/s1. The fraction of sp³-hybridized carbons (Fsp3) is 0.471. The Hall–Kier alpha value is -1.77. The van der Waals surface area contributed by atoms with Gasteiger partial charge in [0.25, 0.3) is 0 Å². The van der Waals surface area contributed by atoms with Gasteiger partial charge in [-0.3, -0.25) is 4.79 Å². The lowest BCUT2D eigenvalue weighted by molar-refractivity contribution is -0.134. The number of hydrogen-bond acceptors (Lipinski definition) is 2. The molecule has 0 aliphatic heterocycles. The maximum absolute atomic E-state index is 12.2. The molecule has 0 saturated heterocycles. The van der Waals surface area contributed by atoms with Crippen molar-refractivity contribution in [2.45, 2.75) is 26.2 Å². The number of amides is 1. The van der Waals surface area contributed by atoms with Gasteiger partial charge in [-0.2, -0.15) is 0 Å². The molecule has 2 rings (SSSR count). The number of ether oxygens (including phenoxy) is 1. The first kappa shape index (κ1) is 14.6. The van der Waals surface area contributed by atoms with Gasteiger partial charge in [-0.05, 0) is 38.3 Å². The first-order valence-corrected chi connectivity index (χ1v) is 7.26. The van der Waals surface area contributed by atoms with E-state index in [-0.39, 0.29) is 11.8 Å². The van der Waals surface area contributed by atoms with Crippen molar-refractivity contribution in [3.05, 3.63) is 42.0 Å². The highest BCUT2D eigenvalue weighted by Gasteiger charge is 2.21. The molecule has 3 nitrogen and oxygen atoms in total. The van der Waals surface area contributed by atoms with Crippen LogP contribution in [-0.4, -0.2) is 31.0 Å². The summed E-state index contributed by atoms with van der Waals surface area (Å²) in [4.78, 5) is 14.0. The van der Waals surface area contributed by atoms with Gasteiger partial charge < -0.3 is 9.64 Å². The van der Waals surface area contributed by atoms with E-state index in [0.717, 1.165) is 25.0 Å². The summed E-state index contributed by atoms with van der Waals surface area (Å²) in [6.07, 6.45) is 7.14. The second-order valence-electron chi connectivity index (χ2n) is 5.40. The molecular weight excluding hydrogens is 250 g/mol. The maximum Gasteiger partial charge on any atom is 0.225 e. The predicted molar refractivity (Wildman–Crippen MR) is 80.8 cm³/mol. The topological polar surface area (TPSA) is 29.5 Å². The third-order valence-electron chi connectivity index (χ3n) is 3.71. The van der Waals surface area contributed by atoms with Crippen LogP contribution < -0.4 is 4.74 Å². The van der Waals surface area contributed by atoms with Crippen LogP contribution in [0, 0.1) is 12.8 Å². The average molecular weight is 273 g/mol. The van der Waals surface area contributed by atoms with Crippen molar-refractivity contribution < 1.29 is 9.53 Å². The number of carbonyl (C=O) groups is 1. The minimum atomic E-state index is 0.157. The van der Waals surface area contributed by atoms with E-state index in [4.69, 9.17) is 4.74 Å². The van der Waals surface area contributed by atoms with Crippen molar-refractivity contribution >= 4 is 5.91 Å². The lowest BCUT2D eigenvalue weighted by Gasteiger charge is -2.24. The summed E-state index contributed by atoms with van der Waals surface area (Å²) < 4.78 is 5.66. The Balaban J connectivity index is 1.74. The highest BCUT2D eigenvalue weighted by atomic mass is 16.5. The van der Waals surface area contributed by atoms with E-state index in [1.807, 2.05) is 31.3 Å². The summed E-state index contributed by atoms with van der Waals surface area (Å²) >= 11 is 0. The molecule has 0 spiro atoms. The molecule has 0 aromatic heterocycles. The van der Waals surface area contributed by atoms with Gasteiger partial charge in [0.2, 0.25) is 5.91 Å². The van der Waals surface area contributed by atoms with Gasteiger partial charge in [0.05, 0.1) is 6.54 Å². The smallest absolute Gasteiger partial charge is 0.225 e. The van der Waals surface area contributed by atoms with Crippen LogP contribution in [0.5, 0.6) is 5.75 Å². The van der Waals surface area contributed by atoms with Gasteiger partial charge in [-0.1, -0.05) is 29.8 Å². The number of likely N-dealkylation sites (N-methyl/N-ethyl adjacent to an activating group) is 1. The van der Waals surface area contributed by atoms with Crippen molar-refractivity contribution in [2.24, 2.45) is 5.92 Å². The predicted octanol–water partition coefficient (Wildman–Crippen LogP) is 3.19. The number of nitrogens with zero attached hydrogens (tertiary/aromatic N) is 1. The normalized spacial score (nSPS) is 17.8. The summed E-state index contributed by atoms with van der Waals surface area (Å²) in [6, 6.07) is 7.98. The average Bonchev–Trinajstić information content (AvgIpc) is 2.49. The summed E-state index contributed by atoms with van der Waals surface area (Å²) in [5.41, 5.74) is 1.22. The summed E-state index contributed by atoms with van der Waals surface area (Å²) in [6.45, 7) is 3.22. The maximum atomic E-state index is 12.2. The molecule has 1 atom stereocenters. The van der Waals surface area contributed by atoms with E-state index < -0.39 is 0 Å². The van der Waals surface area contributed by atoms with Crippen LogP contribution in [0.15, 0.2) is 36.4 Å². The molecule has 20 heavy (non-hydrogen) atoms. The fourth-order valence-electron chi connectivity index (χ4n) is 2.37. The second-order valence-corrected chi connectivity index (χ2v) is 5.40. The molecule has 0 unspecified atom stereocenters. The molecule has 0 radical (unpaired) electrons. The second kappa shape index (κ2) is 7.13. The first-order chi connectivity index (χ1) is 9.66.